The Balaban J connectivity index is 1.63. The number of furan rings is 1. The van der Waals surface area contributed by atoms with Crippen molar-refractivity contribution in [1.82, 2.24) is 10.2 Å². The molecule has 1 atom stereocenters. The van der Waals surface area contributed by atoms with E-state index in [4.69, 9.17) is 9.15 Å². The van der Waals surface area contributed by atoms with Crippen LogP contribution in [0.4, 0.5) is 5.69 Å². The summed E-state index contributed by atoms with van der Waals surface area (Å²) in [5.74, 6) is 1.16. The van der Waals surface area contributed by atoms with E-state index in [1.165, 1.54) is 0 Å². The smallest absolute Gasteiger partial charge is 0.261 e. The Bertz CT molecular complexity index is 675. The van der Waals surface area contributed by atoms with Gasteiger partial charge in [-0.2, -0.15) is 10.2 Å². The fourth-order valence-corrected chi connectivity index (χ4v) is 3.05. The number of carbonyl (C=O) groups excluding carboxylic acids is 1. The van der Waals surface area contributed by atoms with Crippen LogP contribution in [-0.2, 0) is 4.74 Å². The fraction of sp³-hybridized carbons (Fsp3) is 0.471. The van der Waals surface area contributed by atoms with E-state index in [-0.39, 0.29) is 12.0 Å². The second kappa shape index (κ2) is 6.12. The minimum absolute atomic E-state index is 0.0517. The fourth-order valence-electron chi connectivity index (χ4n) is 3.05. The Hall–Kier alpha value is -2.21. The van der Waals surface area contributed by atoms with Gasteiger partial charge in [-0.05, 0) is 37.8 Å². The molecule has 23 heavy (non-hydrogen) atoms. The highest BCUT2D eigenvalue weighted by Gasteiger charge is 2.34. The van der Waals surface area contributed by atoms with Gasteiger partial charge < -0.3 is 14.1 Å². The first-order chi connectivity index (χ1) is 11.3. The standard InChI is InChI=1S/C17H19N3O3/c21-17(15-6-9-23-16(15)12-3-4-12)20(11-14-2-1-8-22-14)13-5-7-18-19-10-13/h5-7,9-10,12,14H,1-4,8,11H2. The first-order valence-corrected chi connectivity index (χ1v) is 8.10. The lowest BCUT2D eigenvalue weighted by Crippen LogP contribution is -2.37. The second-order valence-corrected chi connectivity index (χ2v) is 6.12. The predicted molar refractivity (Wildman–Crippen MR) is 83.4 cm³/mol. The summed E-state index contributed by atoms with van der Waals surface area (Å²) in [6.07, 6.45) is 9.10. The van der Waals surface area contributed by atoms with Crippen molar-refractivity contribution in [3.05, 3.63) is 42.1 Å². The minimum atomic E-state index is -0.0517. The van der Waals surface area contributed by atoms with Crippen molar-refractivity contribution in [3.63, 3.8) is 0 Å². The Morgan fingerprint density at radius 1 is 1.26 bits per heavy atom. The summed E-state index contributed by atoms with van der Waals surface area (Å²) in [5.41, 5.74) is 1.39. The highest BCUT2D eigenvalue weighted by atomic mass is 16.5. The van der Waals surface area contributed by atoms with E-state index in [2.05, 4.69) is 10.2 Å². The van der Waals surface area contributed by atoms with Gasteiger partial charge in [0.1, 0.15) is 5.76 Å². The molecular formula is C17H19N3O3. The van der Waals surface area contributed by atoms with Gasteiger partial charge in [-0.15, -0.1) is 0 Å². The maximum Gasteiger partial charge on any atom is 0.261 e. The number of rotatable bonds is 5. The molecular weight excluding hydrogens is 294 g/mol. The summed E-state index contributed by atoms with van der Waals surface area (Å²) >= 11 is 0. The number of anilines is 1. The monoisotopic (exact) mass is 313 g/mol. The molecule has 1 aliphatic heterocycles. The van der Waals surface area contributed by atoms with Crippen LogP contribution in [0.1, 0.15) is 47.7 Å². The predicted octanol–water partition coefficient (Wildman–Crippen LogP) is 2.77. The molecule has 2 aliphatic rings. The summed E-state index contributed by atoms with van der Waals surface area (Å²) in [5, 5.41) is 7.71. The molecule has 1 saturated heterocycles. The molecule has 0 aromatic carbocycles. The number of aromatic nitrogens is 2. The average molecular weight is 313 g/mol. The minimum Gasteiger partial charge on any atom is -0.468 e. The summed E-state index contributed by atoms with van der Waals surface area (Å²) in [6.45, 7) is 1.29. The molecule has 6 nitrogen and oxygen atoms in total. The van der Waals surface area contributed by atoms with Crippen molar-refractivity contribution < 1.29 is 13.9 Å². The van der Waals surface area contributed by atoms with Crippen molar-refractivity contribution in [1.29, 1.82) is 0 Å². The molecule has 1 saturated carbocycles. The summed E-state index contributed by atoms with van der Waals surface area (Å²) in [7, 11) is 0. The van der Waals surface area contributed by atoms with Gasteiger partial charge in [-0.25, -0.2) is 0 Å². The maximum atomic E-state index is 13.1. The van der Waals surface area contributed by atoms with E-state index in [9.17, 15) is 4.79 Å². The van der Waals surface area contributed by atoms with Crippen molar-refractivity contribution >= 4 is 11.6 Å². The van der Waals surface area contributed by atoms with Crippen LogP contribution in [0.15, 0.2) is 35.2 Å². The van der Waals surface area contributed by atoms with E-state index in [1.54, 1.807) is 35.7 Å². The molecule has 0 spiro atoms. The van der Waals surface area contributed by atoms with E-state index in [1.807, 2.05) is 0 Å². The number of ether oxygens (including phenoxy) is 1. The number of amides is 1. The van der Waals surface area contributed by atoms with Crippen LogP contribution in [-0.4, -0.2) is 35.4 Å². The van der Waals surface area contributed by atoms with Gasteiger partial charge in [-0.1, -0.05) is 0 Å². The van der Waals surface area contributed by atoms with Gasteiger partial charge in [0.05, 0.1) is 42.6 Å². The first-order valence-electron chi connectivity index (χ1n) is 8.10. The zero-order chi connectivity index (χ0) is 15.6. The normalized spacial score (nSPS) is 20.6. The van der Waals surface area contributed by atoms with Gasteiger partial charge in [0.25, 0.3) is 5.91 Å². The van der Waals surface area contributed by atoms with Gasteiger partial charge in [0, 0.05) is 12.5 Å². The zero-order valence-corrected chi connectivity index (χ0v) is 12.9. The SMILES string of the molecule is O=C(c1ccoc1C1CC1)N(CC1CCCO1)c1ccnnc1. The summed E-state index contributed by atoms with van der Waals surface area (Å²) in [4.78, 5) is 14.8. The van der Waals surface area contributed by atoms with Gasteiger partial charge in [0.2, 0.25) is 0 Å². The lowest BCUT2D eigenvalue weighted by molar-refractivity contribution is 0.0915. The number of nitrogens with zero attached hydrogens (tertiary/aromatic N) is 3. The third-order valence-electron chi connectivity index (χ3n) is 4.41. The van der Waals surface area contributed by atoms with Crippen LogP contribution in [0.5, 0.6) is 0 Å². The Morgan fingerprint density at radius 3 is 2.87 bits per heavy atom. The van der Waals surface area contributed by atoms with E-state index in [0.29, 0.717) is 18.0 Å². The molecule has 1 aliphatic carbocycles. The van der Waals surface area contributed by atoms with Gasteiger partial charge in [-0.3, -0.25) is 4.79 Å². The molecule has 0 radical (unpaired) electrons. The van der Waals surface area contributed by atoms with E-state index in [0.717, 1.165) is 43.7 Å². The molecule has 2 aromatic heterocycles. The lowest BCUT2D eigenvalue weighted by atomic mass is 10.1. The Morgan fingerprint density at radius 2 is 2.17 bits per heavy atom. The lowest BCUT2D eigenvalue weighted by Gasteiger charge is -2.25. The Labute approximate surface area is 134 Å². The van der Waals surface area contributed by atoms with Crippen LogP contribution in [0.25, 0.3) is 0 Å². The summed E-state index contributed by atoms with van der Waals surface area (Å²) in [6, 6.07) is 3.57. The molecule has 0 N–H and O–H groups in total. The molecule has 2 aromatic rings. The van der Waals surface area contributed by atoms with Crippen LogP contribution in [0.3, 0.4) is 0 Å². The second-order valence-electron chi connectivity index (χ2n) is 6.12. The number of hydrogen-bond donors (Lipinski definition) is 0. The average Bonchev–Trinajstić information content (AvgIpc) is 3.11. The highest BCUT2D eigenvalue weighted by Crippen LogP contribution is 2.42. The first kappa shape index (κ1) is 14.4. The zero-order valence-electron chi connectivity index (χ0n) is 12.9. The molecule has 120 valence electrons. The van der Waals surface area contributed by atoms with Crippen LogP contribution >= 0.6 is 0 Å². The topological polar surface area (TPSA) is 68.5 Å². The van der Waals surface area contributed by atoms with Crippen molar-refractivity contribution in [3.8, 4) is 0 Å². The van der Waals surface area contributed by atoms with Crippen molar-refractivity contribution in [2.75, 3.05) is 18.1 Å². The largest absolute Gasteiger partial charge is 0.468 e. The van der Waals surface area contributed by atoms with Gasteiger partial charge in [0.15, 0.2) is 0 Å². The molecule has 2 fully saturated rings. The van der Waals surface area contributed by atoms with Crippen LogP contribution < -0.4 is 4.90 Å². The molecule has 0 bridgehead atoms. The van der Waals surface area contributed by atoms with E-state index < -0.39 is 0 Å². The van der Waals surface area contributed by atoms with Crippen molar-refractivity contribution in [2.24, 2.45) is 0 Å². The third kappa shape index (κ3) is 2.99. The molecule has 1 unspecified atom stereocenters. The third-order valence-corrected chi connectivity index (χ3v) is 4.41. The molecule has 6 heteroatoms. The number of carbonyl (C=O) groups is 1. The van der Waals surface area contributed by atoms with Crippen molar-refractivity contribution in [2.45, 2.75) is 37.7 Å². The van der Waals surface area contributed by atoms with E-state index >= 15 is 0 Å². The van der Waals surface area contributed by atoms with Gasteiger partial charge >= 0.3 is 0 Å². The summed E-state index contributed by atoms with van der Waals surface area (Å²) < 4.78 is 11.3. The maximum absolute atomic E-state index is 13.1. The molecule has 4 rings (SSSR count). The molecule has 1 amide bonds. The number of hydrogen-bond acceptors (Lipinski definition) is 5. The highest BCUT2D eigenvalue weighted by molar-refractivity contribution is 6.06. The Kier molecular flexibility index (Phi) is 3.83. The van der Waals surface area contributed by atoms with Crippen LogP contribution in [0, 0.1) is 0 Å². The quantitative estimate of drug-likeness (QED) is 0.849. The molecule has 3 heterocycles. The van der Waals surface area contributed by atoms with Crippen LogP contribution in [0.2, 0.25) is 0 Å².